The average Bonchev–Trinajstić information content (AvgIpc) is 1.78. The van der Waals surface area contributed by atoms with E-state index in [1.807, 2.05) is 6.92 Å². The largest absolute Gasteiger partial charge is 1.00 e. The van der Waals surface area contributed by atoms with Crippen molar-refractivity contribution >= 4 is 22.4 Å². The first-order valence-electron chi connectivity index (χ1n) is 2.83. The molecule has 0 fully saturated rings. The van der Waals surface area contributed by atoms with E-state index < -0.39 is 10.4 Å². The summed E-state index contributed by atoms with van der Waals surface area (Å²) in [4.78, 5) is 0. The topological polar surface area (TPSA) is 66.4 Å². The molecule has 0 rings (SSSR count). The van der Waals surface area contributed by atoms with E-state index in [4.69, 9.17) is 0 Å². The molecule has 0 bridgehead atoms. The number of unbranched alkanes of at least 4 members (excludes halogenated alkanes) is 1. The van der Waals surface area contributed by atoms with Crippen LogP contribution in [0.2, 0.25) is 0 Å². The van der Waals surface area contributed by atoms with E-state index >= 15 is 0 Å². The molecule has 0 aromatic carbocycles. The van der Waals surface area contributed by atoms with Crippen molar-refractivity contribution in [3.05, 3.63) is 0 Å². The standard InChI is InChI=1S/C4H10O4S2.Na/c1-2-3-4-9-8-10(5,6)7;/h2-4H2,1H3,(H,5,6,7);/q;+1/p-1. The van der Waals surface area contributed by atoms with Gasteiger partial charge in [0.05, 0.1) is 0 Å². The van der Waals surface area contributed by atoms with Crippen LogP contribution in [0.5, 0.6) is 0 Å². The maximum Gasteiger partial charge on any atom is 1.00 e. The van der Waals surface area contributed by atoms with Gasteiger partial charge < -0.3 is 4.55 Å². The molecule has 4 nitrogen and oxygen atoms in total. The van der Waals surface area contributed by atoms with Gasteiger partial charge in [0, 0.05) is 17.8 Å². The molecule has 0 aliphatic rings. The summed E-state index contributed by atoms with van der Waals surface area (Å²) in [6.45, 7) is 1.96. The normalized spacial score (nSPS) is 10.7. The molecular weight excluding hydrogens is 199 g/mol. The van der Waals surface area contributed by atoms with Crippen LogP contribution in [0, 0.1) is 0 Å². The van der Waals surface area contributed by atoms with Gasteiger partial charge in [-0.1, -0.05) is 13.3 Å². The first-order valence-corrected chi connectivity index (χ1v) is 5.07. The van der Waals surface area contributed by atoms with Crippen molar-refractivity contribution in [2.45, 2.75) is 19.8 Å². The maximum atomic E-state index is 9.80. The minimum Gasteiger partial charge on any atom is -0.725 e. The van der Waals surface area contributed by atoms with Crippen molar-refractivity contribution in [3.8, 4) is 0 Å². The van der Waals surface area contributed by atoms with E-state index in [0.717, 1.165) is 12.8 Å². The molecule has 0 spiro atoms. The van der Waals surface area contributed by atoms with Crippen molar-refractivity contribution in [1.29, 1.82) is 0 Å². The van der Waals surface area contributed by atoms with Gasteiger partial charge in [0.2, 0.25) is 10.4 Å². The van der Waals surface area contributed by atoms with Crippen molar-refractivity contribution < 1.29 is 46.2 Å². The Labute approximate surface area is 93.5 Å². The molecule has 0 aromatic heterocycles. The molecule has 0 heterocycles. The van der Waals surface area contributed by atoms with Crippen LogP contribution in [0.3, 0.4) is 0 Å². The van der Waals surface area contributed by atoms with Crippen molar-refractivity contribution in [2.24, 2.45) is 0 Å². The van der Waals surface area contributed by atoms with Crippen LogP contribution in [-0.4, -0.2) is 18.7 Å². The van der Waals surface area contributed by atoms with Crippen LogP contribution in [0.25, 0.3) is 0 Å². The molecule has 0 aliphatic heterocycles. The molecule has 0 N–H and O–H groups in total. The van der Waals surface area contributed by atoms with Crippen molar-refractivity contribution in [2.75, 3.05) is 5.75 Å². The van der Waals surface area contributed by atoms with Gasteiger partial charge in [-0.2, -0.15) is 0 Å². The summed E-state index contributed by atoms with van der Waals surface area (Å²) in [6, 6.07) is 0. The Balaban J connectivity index is 0. The van der Waals surface area contributed by atoms with Gasteiger partial charge in [-0.3, -0.25) is 0 Å². The van der Waals surface area contributed by atoms with Gasteiger partial charge in [0.25, 0.3) is 0 Å². The van der Waals surface area contributed by atoms with Crippen molar-refractivity contribution in [3.63, 3.8) is 0 Å². The van der Waals surface area contributed by atoms with E-state index in [1.54, 1.807) is 0 Å². The number of rotatable bonds is 5. The molecule has 0 aromatic rings. The molecule has 62 valence electrons. The zero-order chi connectivity index (χ0) is 8.04. The maximum absolute atomic E-state index is 9.80. The Hall–Kier alpha value is 1.22. The monoisotopic (exact) mass is 208 g/mol. The molecule has 0 saturated carbocycles. The summed E-state index contributed by atoms with van der Waals surface area (Å²) in [5.41, 5.74) is 0. The van der Waals surface area contributed by atoms with Crippen LogP contribution in [-0.2, 0) is 14.0 Å². The molecule has 0 saturated heterocycles. The van der Waals surface area contributed by atoms with Crippen LogP contribution in [0.4, 0.5) is 0 Å². The van der Waals surface area contributed by atoms with Gasteiger partial charge in [-0.15, -0.1) is 0 Å². The SMILES string of the molecule is CCCCSOS(=O)(=O)[O-].[Na+]. The molecule has 0 unspecified atom stereocenters. The van der Waals surface area contributed by atoms with Gasteiger partial charge in [0.1, 0.15) is 0 Å². The first kappa shape index (κ1) is 14.7. The third-order valence-corrected chi connectivity index (χ3v) is 2.22. The van der Waals surface area contributed by atoms with Crippen LogP contribution >= 0.6 is 12.0 Å². The zero-order valence-corrected chi connectivity index (χ0v) is 10.2. The third kappa shape index (κ3) is 14.1. The fraction of sp³-hybridized carbons (Fsp3) is 1.00. The second-order valence-electron chi connectivity index (χ2n) is 1.65. The Kier molecular flexibility index (Phi) is 10.5. The predicted molar refractivity (Wildman–Crippen MR) is 38.1 cm³/mol. The number of hydrogen-bond donors (Lipinski definition) is 0. The fourth-order valence-corrected chi connectivity index (χ4v) is 1.45. The minimum absolute atomic E-state index is 0. The average molecular weight is 208 g/mol. The second kappa shape index (κ2) is 7.85. The van der Waals surface area contributed by atoms with Crippen LogP contribution in [0.1, 0.15) is 19.8 Å². The zero-order valence-electron chi connectivity index (χ0n) is 6.57. The fourth-order valence-electron chi connectivity index (χ4n) is 0.296. The van der Waals surface area contributed by atoms with Crippen LogP contribution in [0.15, 0.2) is 0 Å². The third-order valence-electron chi connectivity index (χ3n) is 0.713. The predicted octanol–water partition coefficient (Wildman–Crippen LogP) is -2.08. The summed E-state index contributed by atoms with van der Waals surface area (Å²) in [7, 11) is -4.49. The summed E-state index contributed by atoms with van der Waals surface area (Å²) in [5, 5.41) is 0. The molecule has 7 heteroatoms. The van der Waals surface area contributed by atoms with E-state index in [-0.39, 0.29) is 29.6 Å². The summed E-state index contributed by atoms with van der Waals surface area (Å²) in [5.74, 6) is 0.540. The van der Waals surface area contributed by atoms with Gasteiger partial charge >= 0.3 is 29.6 Å². The molecule has 0 radical (unpaired) electrons. The summed E-state index contributed by atoms with van der Waals surface area (Å²) < 4.78 is 33.3. The van der Waals surface area contributed by atoms with E-state index in [2.05, 4.69) is 3.63 Å². The van der Waals surface area contributed by atoms with Crippen LogP contribution < -0.4 is 29.6 Å². The Morgan fingerprint density at radius 2 is 2.09 bits per heavy atom. The summed E-state index contributed by atoms with van der Waals surface area (Å²) in [6.07, 6.45) is 1.80. The van der Waals surface area contributed by atoms with E-state index in [1.165, 1.54) is 0 Å². The van der Waals surface area contributed by atoms with Crippen molar-refractivity contribution in [1.82, 2.24) is 0 Å². The van der Waals surface area contributed by atoms with Gasteiger partial charge in [-0.25, -0.2) is 12.0 Å². The molecule has 0 aliphatic carbocycles. The van der Waals surface area contributed by atoms with E-state index in [9.17, 15) is 13.0 Å². The first-order chi connectivity index (χ1) is 4.56. The molecule has 11 heavy (non-hydrogen) atoms. The summed E-state index contributed by atoms with van der Waals surface area (Å²) >= 11 is 0.684. The molecule has 0 atom stereocenters. The Morgan fingerprint density at radius 3 is 2.45 bits per heavy atom. The number of hydrogen-bond acceptors (Lipinski definition) is 5. The Morgan fingerprint density at radius 1 is 1.55 bits per heavy atom. The quantitative estimate of drug-likeness (QED) is 0.170. The van der Waals surface area contributed by atoms with E-state index in [0.29, 0.717) is 17.8 Å². The molecular formula is C4H9NaO4S2. The molecule has 0 amide bonds. The minimum atomic E-state index is -4.49. The smallest absolute Gasteiger partial charge is 0.725 e. The Bertz CT molecular complexity index is 167. The van der Waals surface area contributed by atoms with Gasteiger partial charge in [0.15, 0.2) is 0 Å². The second-order valence-corrected chi connectivity index (χ2v) is 3.66. The van der Waals surface area contributed by atoms with Gasteiger partial charge in [-0.05, 0) is 6.42 Å².